The fraction of sp³-hybridized carbons (Fsp3) is 0.222. The highest BCUT2D eigenvalue weighted by atomic mass is 79.9. The van der Waals surface area contributed by atoms with Gasteiger partial charge in [-0.15, -0.1) is 0 Å². The molecule has 0 saturated carbocycles. The molecule has 2 aromatic carbocycles. The zero-order chi connectivity index (χ0) is 17.5. The van der Waals surface area contributed by atoms with Gasteiger partial charge < -0.3 is 10.1 Å². The van der Waals surface area contributed by atoms with Crippen LogP contribution in [0.25, 0.3) is 0 Å². The summed E-state index contributed by atoms with van der Waals surface area (Å²) < 4.78 is 6.67. The summed E-state index contributed by atoms with van der Waals surface area (Å²) in [5.41, 5.74) is 1.33. The van der Waals surface area contributed by atoms with Crippen LogP contribution < -0.4 is 15.4 Å². The Hall–Kier alpha value is -1.92. The highest BCUT2D eigenvalue weighted by molar-refractivity contribution is 9.10. The maximum atomic E-state index is 12.2. The van der Waals surface area contributed by atoms with Gasteiger partial charge in [-0.1, -0.05) is 22.9 Å². The van der Waals surface area contributed by atoms with E-state index in [1.807, 2.05) is 31.2 Å². The summed E-state index contributed by atoms with van der Waals surface area (Å²) in [7, 11) is 0. The summed E-state index contributed by atoms with van der Waals surface area (Å²) in [5, 5.41) is 5.88. The second-order valence-electron chi connectivity index (χ2n) is 5.28. The quantitative estimate of drug-likeness (QED) is 0.703. The minimum atomic E-state index is -0.264. The lowest BCUT2D eigenvalue weighted by molar-refractivity contribution is 0.0977. The average Bonchev–Trinajstić information content (AvgIpc) is 2.57. The molecule has 0 fully saturated rings. The third-order valence-corrected chi connectivity index (χ3v) is 4.09. The van der Waals surface area contributed by atoms with E-state index in [2.05, 4.69) is 33.5 Å². The number of carbonyl (C=O) groups is 1. The van der Waals surface area contributed by atoms with E-state index in [0.717, 1.165) is 22.3 Å². The van der Waals surface area contributed by atoms with Crippen LogP contribution in [0.15, 0.2) is 53.0 Å². The number of ether oxygens (including phenoxy) is 1. The van der Waals surface area contributed by atoms with Gasteiger partial charge in [0.25, 0.3) is 5.91 Å². The Morgan fingerprint density at radius 1 is 1.17 bits per heavy atom. The SMILES string of the molecule is CCC(C)Oc1ccc(C(=O)NC(=S)Nc2ccc(Br)cc2)cc1. The summed E-state index contributed by atoms with van der Waals surface area (Å²) in [4.78, 5) is 12.2. The maximum Gasteiger partial charge on any atom is 0.257 e. The molecule has 0 radical (unpaired) electrons. The molecule has 2 aromatic rings. The van der Waals surface area contributed by atoms with E-state index < -0.39 is 0 Å². The molecule has 0 aliphatic carbocycles. The summed E-state index contributed by atoms with van der Waals surface area (Å²) in [6, 6.07) is 14.5. The van der Waals surface area contributed by atoms with Crippen LogP contribution in [0.4, 0.5) is 5.69 Å². The van der Waals surface area contributed by atoms with Crippen molar-refractivity contribution in [2.75, 3.05) is 5.32 Å². The lowest BCUT2D eigenvalue weighted by atomic mass is 10.2. The lowest BCUT2D eigenvalue weighted by Gasteiger charge is -2.13. The average molecular weight is 407 g/mol. The van der Waals surface area contributed by atoms with Gasteiger partial charge in [-0.2, -0.15) is 0 Å². The molecule has 1 amide bonds. The second kappa shape index (κ2) is 8.80. The molecule has 1 atom stereocenters. The van der Waals surface area contributed by atoms with E-state index in [0.29, 0.717) is 5.56 Å². The van der Waals surface area contributed by atoms with Crippen molar-refractivity contribution in [2.45, 2.75) is 26.4 Å². The molecule has 6 heteroatoms. The van der Waals surface area contributed by atoms with Crippen LogP contribution in [0.1, 0.15) is 30.6 Å². The first kappa shape index (κ1) is 18.4. The van der Waals surface area contributed by atoms with Gasteiger partial charge in [-0.3, -0.25) is 10.1 Å². The molecule has 24 heavy (non-hydrogen) atoms. The number of halogens is 1. The van der Waals surface area contributed by atoms with Crippen molar-refractivity contribution < 1.29 is 9.53 Å². The molecular weight excluding hydrogens is 388 g/mol. The van der Waals surface area contributed by atoms with Crippen molar-refractivity contribution in [3.63, 3.8) is 0 Å². The van der Waals surface area contributed by atoms with Gasteiger partial charge >= 0.3 is 0 Å². The van der Waals surface area contributed by atoms with Crippen LogP contribution in [0, 0.1) is 0 Å². The van der Waals surface area contributed by atoms with Gasteiger partial charge in [0.05, 0.1) is 6.10 Å². The Bertz CT molecular complexity index is 702. The largest absolute Gasteiger partial charge is 0.491 e. The normalized spacial score (nSPS) is 11.5. The molecule has 4 nitrogen and oxygen atoms in total. The van der Waals surface area contributed by atoms with Crippen molar-refractivity contribution in [1.82, 2.24) is 5.32 Å². The van der Waals surface area contributed by atoms with Gasteiger partial charge in [0.1, 0.15) is 5.75 Å². The third kappa shape index (κ3) is 5.62. The van der Waals surface area contributed by atoms with Crippen LogP contribution in [0.5, 0.6) is 5.75 Å². The molecule has 126 valence electrons. The number of benzene rings is 2. The molecule has 0 heterocycles. The van der Waals surface area contributed by atoms with E-state index in [1.54, 1.807) is 24.3 Å². The van der Waals surface area contributed by atoms with E-state index in [4.69, 9.17) is 17.0 Å². The van der Waals surface area contributed by atoms with Crippen molar-refractivity contribution in [3.05, 3.63) is 58.6 Å². The molecule has 2 rings (SSSR count). The second-order valence-corrected chi connectivity index (χ2v) is 6.60. The molecule has 0 saturated heterocycles. The Labute approximate surface area is 155 Å². The first-order valence-electron chi connectivity index (χ1n) is 7.62. The van der Waals surface area contributed by atoms with Crippen LogP contribution in [-0.4, -0.2) is 17.1 Å². The number of hydrogen-bond acceptors (Lipinski definition) is 3. The van der Waals surface area contributed by atoms with Crippen LogP contribution in [-0.2, 0) is 0 Å². The number of thiocarbonyl (C=S) groups is 1. The summed E-state index contributed by atoms with van der Waals surface area (Å²) >= 11 is 8.53. The predicted octanol–water partition coefficient (Wildman–Crippen LogP) is 4.75. The van der Waals surface area contributed by atoms with Gasteiger partial charge in [0.15, 0.2) is 5.11 Å². The number of amides is 1. The highest BCUT2D eigenvalue weighted by Crippen LogP contribution is 2.16. The zero-order valence-corrected chi connectivity index (χ0v) is 15.9. The van der Waals surface area contributed by atoms with Crippen LogP contribution in [0.3, 0.4) is 0 Å². The molecule has 2 N–H and O–H groups in total. The smallest absolute Gasteiger partial charge is 0.257 e. The van der Waals surface area contributed by atoms with Gasteiger partial charge in [0.2, 0.25) is 0 Å². The van der Waals surface area contributed by atoms with Gasteiger partial charge in [-0.05, 0) is 74.1 Å². The van der Waals surface area contributed by atoms with Crippen molar-refractivity contribution in [2.24, 2.45) is 0 Å². The number of rotatable bonds is 5. The molecule has 0 bridgehead atoms. The Kier molecular flexibility index (Phi) is 6.75. The molecule has 0 spiro atoms. The van der Waals surface area contributed by atoms with Crippen molar-refractivity contribution in [1.29, 1.82) is 0 Å². The van der Waals surface area contributed by atoms with Crippen LogP contribution >= 0.6 is 28.1 Å². The van der Waals surface area contributed by atoms with Crippen molar-refractivity contribution >= 4 is 44.9 Å². The van der Waals surface area contributed by atoms with E-state index >= 15 is 0 Å². The summed E-state index contributed by atoms with van der Waals surface area (Å²) in [6.07, 6.45) is 1.07. The molecule has 0 aliphatic rings. The first-order valence-corrected chi connectivity index (χ1v) is 8.82. The minimum Gasteiger partial charge on any atom is -0.491 e. The van der Waals surface area contributed by atoms with E-state index in [9.17, 15) is 4.79 Å². The standard InChI is InChI=1S/C18H19BrN2O2S/c1-3-12(2)23-16-10-4-13(5-11-16)17(22)21-18(24)20-15-8-6-14(19)7-9-15/h4-12H,3H2,1-2H3,(H2,20,21,22,24). The molecule has 0 aromatic heterocycles. The fourth-order valence-electron chi connectivity index (χ4n) is 1.87. The number of anilines is 1. The molecular formula is C18H19BrN2O2S. The number of nitrogens with one attached hydrogen (secondary N) is 2. The zero-order valence-electron chi connectivity index (χ0n) is 13.5. The predicted molar refractivity (Wildman–Crippen MR) is 105 cm³/mol. The first-order chi connectivity index (χ1) is 11.5. The fourth-order valence-corrected chi connectivity index (χ4v) is 2.35. The number of hydrogen-bond donors (Lipinski definition) is 2. The van der Waals surface area contributed by atoms with E-state index in [1.165, 1.54) is 0 Å². The minimum absolute atomic E-state index is 0.146. The Morgan fingerprint density at radius 3 is 2.38 bits per heavy atom. The summed E-state index contributed by atoms with van der Waals surface area (Å²) in [6.45, 7) is 4.07. The molecule has 1 unspecified atom stereocenters. The Balaban J connectivity index is 1.91. The monoisotopic (exact) mass is 406 g/mol. The topological polar surface area (TPSA) is 50.4 Å². The Morgan fingerprint density at radius 2 is 1.79 bits per heavy atom. The maximum absolute atomic E-state index is 12.2. The molecule has 0 aliphatic heterocycles. The van der Waals surface area contributed by atoms with Crippen LogP contribution in [0.2, 0.25) is 0 Å². The van der Waals surface area contributed by atoms with Crippen molar-refractivity contribution in [3.8, 4) is 5.75 Å². The summed E-state index contributed by atoms with van der Waals surface area (Å²) in [5.74, 6) is 0.483. The highest BCUT2D eigenvalue weighted by Gasteiger charge is 2.09. The third-order valence-electron chi connectivity index (χ3n) is 3.36. The van der Waals surface area contributed by atoms with Gasteiger partial charge in [-0.25, -0.2) is 0 Å². The van der Waals surface area contributed by atoms with E-state index in [-0.39, 0.29) is 17.1 Å². The van der Waals surface area contributed by atoms with Gasteiger partial charge in [0, 0.05) is 15.7 Å². The number of carbonyl (C=O) groups excluding carboxylic acids is 1. The lowest BCUT2D eigenvalue weighted by Crippen LogP contribution is -2.34.